The number of nitrogens with one attached hydrogen (secondary N) is 1. The molecule has 1 aromatic rings. The average Bonchev–Trinajstić information content (AvgIpc) is 2.21. The fraction of sp³-hybridized carbons (Fsp3) is 0.500. The molecule has 2 nitrogen and oxygen atoms in total. The average molecular weight is 228 g/mol. The summed E-state index contributed by atoms with van der Waals surface area (Å²) in [6.45, 7) is 3.82. The summed E-state index contributed by atoms with van der Waals surface area (Å²) in [6, 6.07) is 5.93. The van der Waals surface area contributed by atoms with Crippen LogP contribution in [0.2, 0.25) is 5.02 Å². The molecule has 0 atom stereocenters. The maximum absolute atomic E-state index is 6.08. The van der Waals surface area contributed by atoms with Gasteiger partial charge in [-0.3, -0.25) is 0 Å². The molecule has 0 spiro atoms. The van der Waals surface area contributed by atoms with Crippen LogP contribution in [-0.4, -0.2) is 20.3 Å². The Morgan fingerprint density at radius 2 is 2.13 bits per heavy atom. The van der Waals surface area contributed by atoms with Crippen molar-refractivity contribution in [3.8, 4) is 0 Å². The van der Waals surface area contributed by atoms with Crippen molar-refractivity contribution in [1.82, 2.24) is 0 Å². The molecule has 0 aliphatic heterocycles. The van der Waals surface area contributed by atoms with Crippen molar-refractivity contribution in [2.24, 2.45) is 0 Å². The number of unbranched alkanes of at least 4 members (excludes halogenated alkanes) is 1. The minimum Gasteiger partial charge on any atom is -0.385 e. The third-order valence-electron chi connectivity index (χ3n) is 2.30. The second kappa shape index (κ2) is 6.70. The lowest BCUT2D eigenvalue weighted by Crippen LogP contribution is -2.04. The van der Waals surface area contributed by atoms with Crippen LogP contribution in [0.3, 0.4) is 0 Å². The van der Waals surface area contributed by atoms with Gasteiger partial charge in [0.05, 0.1) is 10.7 Å². The molecule has 0 amide bonds. The standard InChI is InChI=1S/C12H18ClNO/c1-10-6-5-7-11(13)12(10)14-8-3-4-9-15-2/h5-7,14H,3-4,8-9H2,1-2H3. The first-order chi connectivity index (χ1) is 7.25. The monoisotopic (exact) mass is 227 g/mol. The van der Waals surface area contributed by atoms with Gasteiger partial charge in [0, 0.05) is 20.3 Å². The molecule has 0 bridgehead atoms. The summed E-state index contributed by atoms with van der Waals surface area (Å²) >= 11 is 6.08. The number of aryl methyl sites for hydroxylation is 1. The summed E-state index contributed by atoms with van der Waals surface area (Å²) in [6.07, 6.45) is 2.17. The normalized spacial score (nSPS) is 10.3. The van der Waals surface area contributed by atoms with E-state index < -0.39 is 0 Å². The molecule has 0 saturated heterocycles. The largest absolute Gasteiger partial charge is 0.385 e. The van der Waals surface area contributed by atoms with Gasteiger partial charge in [-0.15, -0.1) is 0 Å². The van der Waals surface area contributed by atoms with Crippen molar-refractivity contribution < 1.29 is 4.74 Å². The lowest BCUT2D eigenvalue weighted by molar-refractivity contribution is 0.194. The first kappa shape index (κ1) is 12.3. The number of ether oxygens (including phenoxy) is 1. The lowest BCUT2D eigenvalue weighted by Gasteiger charge is -2.10. The van der Waals surface area contributed by atoms with Gasteiger partial charge in [0.2, 0.25) is 0 Å². The number of methoxy groups -OCH3 is 1. The van der Waals surface area contributed by atoms with E-state index in [0.29, 0.717) is 0 Å². The first-order valence-electron chi connectivity index (χ1n) is 5.23. The number of benzene rings is 1. The van der Waals surface area contributed by atoms with Crippen molar-refractivity contribution in [3.63, 3.8) is 0 Å². The molecule has 0 radical (unpaired) electrons. The molecular formula is C12H18ClNO. The minimum atomic E-state index is 0.793. The molecule has 0 unspecified atom stereocenters. The Bertz CT molecular complexity index is 281. The van der Waals surface area contributed by atoms with Gasteiger partial charge in [-0.1, -0.05) is 23.7 Å². The second-order valence-electron chi connectivity index (χ2n) is 3.56. The van der Waals surface area contributed by atoms with Gasteiger partial charge in [0.15, 0.2) is 0 Å². The Hall–Kier alpha value is -0.730. The highest BCUT2D eigenvalue weighted by molar-refractivity contribution is 6.33. The fourth-order valence-corrected chi connectivity index (χ4v) is 1.73. The molecule has 1 aromatic carbocycles. The van der Waals surface area contributed by atoms with Crippen LogP contribution in [0, 0.1) is 6.92 Å². The minimum absolute atomic E-state index is 0.793. The van der Waals surface area contributed by atoms with Gasteiger partial charge < -0.3 is 10.1 Å². The van der Waals surface area contributed by atoms with E-state index in [1.165, 1.54) is 5.56 Å². The van der Waals surface area contributed by atoms with Crippen molar-refractivity contribution in [3.05, 3.63) is 28.8 Å². The van der Waals surface area contributed by atoms with Crippen LogP contribution in [0.25, 0.3) is 0 Å². The topological polar surface area (TPSA) is 21.3 Å². The van der Waals surface area contributed by atoms with E-state index in [9.17, 15) is 0 Å². The number of hydrogen-bond donors (Lipinski definition) is 1. The predicted octanol–water partition coefficient (Wildman–Crippen LogP) is 3.49. The highest BCUT2D eigenvalue weighted by Gasteiger charge is 2.01. The highest BCUT2D eigenvalue weighted by Crippen LogP contribution is 2.24. The van der Waals surface area contributed by atoms with Gasteiger partial charge in [0.1, 0.15) is 0 Å². The number of halogens is 1. The van der Waals surface area contributed by atoms with E-state index in [1.54, 1.807) is 7.11 Å². The van der Waals surface area contributed by atoms with Gasteiger partial charge >= 0.3 is 0 Å². The highest BCUT2D eigenvalue weighted by atomic mass is 35.5. The Balaban J connectivity index is 2.37. The maximum atomic E-state index is 6.08. The Labute approximate surface area is 96.6 Å². The van der Waals surface area contributed by atoms with Gasteiger partial charge in [-0.25, -0.2) is 0 Å². The molecule has 84 valence electrons. The molecule has 0 aliphatic carbocycles. The zero-order chi connectivity index (χ0) is 11.1. The van der Waals surface area contributed by atoms with E-state index >= 15 is 0 Å². The first-order valence-corrected chi connectivity index (χ1v) is 5.61. The quantitative estimate of drug-likeness (QED) is 0.752. The maximum Gasteiger partial charge on any atom is 0.0640 e. The SMILES string of the molecule is COCCCCNc1c(C)cccc1Cl. The van der Waals surface area contributed by atoms with Crippen LogP contribution in [0.15, 0.2) is 18.2 Å². The molecule has 0 aromatic heterocycles. The Kier molecular flexibility index (Phi) is 5.51. The van der Waals surface area contributed by atoms with Crippen LogP contribution in [0.5, 0.6) is 0 Å². The molecule has 0 aliphatic rings. The number of anilines is 1. The van der Waals surface area contributed by atoms with Crippen molar-refractivity contribution in [2.75, 3.05) is 25.6 Å². The van der Waals surface area contributed by atoms with Gasteiger partial charge in [0.25, 0.3) is 0 Å². The predicted molar refractivity (Wildman–Crippen MR) is 65.8 cm³/mol. The van der Waals surface area contributed by atoms with Crippen LogP contribution in [0.1, 0.15) is 18.4 Å². The summed E-state index contributed by atoms with van der Waals surface area (Å²) in [5.74, 6) is 0. The number of rotatable bonds is 6. The molecule has 1 N–H and O–H groups in total. The fourth-order valence-electron chi connectivity index (χ4n) is 1.44. The smallest absolute Gasteiger partial charge is 0.0640 e. The van der Waals surface area contributed by atoms with Crippen LogP contribution >= 0.6 is 11.6 Å². The number of para-hydroxylation sites is 1. The summed E-state index contributed by atoms with van der Waals surface area (Å²) in [4.78, 5) is 0. The van der Waals surface area contributed by atoms with E-state index in [1.807, 2.05) is 12.1 Å². The Morgan fingerprint density at radius 1 is 1.33 bits per heavy atom. The van der Waals surface area contributed by atoms with Crippen LogP contribution in [-0.2, 0) is 4.74 Å². The molecular weight excluding hydrogens is 210 g/mol. The zero-order valence-corrected chi connectivity index (χ0v) is 10.1. The molecule has 0 saturated carbocycles. The summed E-state index contributed by atoms with van der Waals surface area (Å²) in [7, 11) is 1.73. The van der Waals surface area contributed by atoms with Crippen molar-refractivity contribution in [1.29, 1.82) is 0 Å². The molecule has 3 heteroatoms. The van der Waals surface area contributed by atoms with Gasteiger partial charge in [-0.05, 0) is 31.4 Å². The summed E-state index contributed by atoms with van der Waals surface area (Å²) in [5, 5.41) is 4.15. The second-order valence-corrected chi connectivity index (χ2v) is 3.97. The zero-order valence-electron chi connectivity index (χ0n) is 9.35. The van der Waals surface area contributed by atoms with E-state index in [-0.39, 0.29) is 0 Å². The summed E-state index contributed by atoms with van der Waals surface area (Å²) < 4.78 is 4.99. The number of hydrogen-bond acceptors (Lipinski definition) is 2. The lowest BCUT2D eigenvalue weighted by atomic mass is 10.2. The molecule has 0 heterocycles. The van der Waals surface area contributed by atoms with Crippen molar-refractivity contribution in [2.45, 2.75) is 19.8 Å². The van der Waals surface area contributed by atoms with Crippen LogP contribution in [0.4, 0.5) is 5.69 Å². The molecule has 15 heavy (non-hydrogen) atoms. The van der Waals surface area contributed by atoms with E-state index in [4.69, 9.17) is 16.3 Å². The molecule has 1 rings (SSSR count). The molecule has 0 fully saturated rings. The Morgan fingerprint density at radius 3 is 2.80 bits per heavy atom. The van der Waals surface area contributed by atoms with E-state index in [0.717, 1.165) is 36.7 Å². The van der Waals surface area contributed by atoms with Crippen LogP contribution < -0.4 is 5.32 Å². The van der Waals surface area contributed by atoms with Gasteiger partial charge in [-0.2, -0.15) is 0 Å². The summed E-state index contributed by atoms with van der Waals surface area (Å²) in [5.41, 5.74) is 2.24. The van der Waals surface area contributed by atoms with Crippen molar-refractivity contribution >= 4 is 17.3 Å². The third-order valence-corrected chi connectivity index (χ3v) is 2.61. The third kappa shape index (κ3) is 4.10. The van der Waals surface area contributed by atoms with E-state index in [2.05, 4.69) is 18.3 Å².